The van der Waals surface area contributed by atoms with Gasteiger partial charge in [-0.1, -0.05) is 0 Å². The molecule has 5 heterocycles. The van der Waals surface area contributed by atoms with Gasteiger partial charge in [0.25, 0.3) is 0 Å². The minimum Gasteiger partial charge on any atom is -0.355 e. The van der Waals surface area contributed by atoms with E-state index < -0.39 is 186 Å². The number of aromatic nitrogens is 4. The first kappa shape index (κ1) is 51.1. The average molecular weight is 1060 g/mol. The van der Waals surface area contributed by atoms with Crippen molar-refractivity contribution in [2.45, 2.75) is 72.1 Å². The van der Waals surface area contributed by atoms with Crippen LogP contribution in [0.4, 0.5) is 123 Å². The number of halogens is 29. The molecule has 0 amide bonds. The molecule has 2 aliphatic rings. The maximum atomic E-state index is 15.8. The Labute approximate surface area is 345 Å². The fourth-order valence-corrected chi connectivity index (χ4v) is 6.43. The fraction of sp³-hybridized carbons (Fsp3) is 0.375. The predicted octanol–water partition coefficient (Wildman–Crippen LogP) is 14.6. The molecule has 4 nitrogen and oxygen atoms in total. The van der Waals surface area contributed by atoms with Crippen LogP contribution in [0.5, 0.6) is 0 Å². The third kappa shape index (κ3) is 7.34. The molecule has 3 aromatic rings. The fourth-order valence-electron chi connectivity index (χ4n) is 5.90. The minimum absolute atomic E-state index is 0.466. The summed E-state index contributed by atoms with van der Waals surface area (Å²) < 4.78 is 403. The lowest BCUT2D eigenvalue weighted by Crippen LogP contribution is -2.50. The van der Waals surface area contributed by atoms with Crippen molar-refractivity contribution in [1.29, 1.82) is 0 Å². The Morgan fingerprint density at radius 3 is 0.862 bits per heavy atom. The molecule has 2 N–H and O–H groups in total. The Hall–Kier alpha value is -4.88. The van der Waals surface area contributed by atoms with Crippen LogP contribution >= 0.6 is 15.9 Å². The summed E-state index contributed by atoms with van der Waals surface area (Å²) in [5.41, 5.74) is -31.9. The summed E-state index contributed by atoms with van der Waals surface area (Å²) in [5, 5.41) is 0. The number of H-pyrrole nitrogens is 2. The highest BCUT2D eigenvalue weighted by atomic mass is 79.9. The number of hydrogen-bond donors (Lipinski definition) is 2. The molecule has 0 radical (unpaired) electrons. The number of nitrogens with zero attached hydrogens (tertiary/aromatic N) is 2. The Morgan fingerprint density at radius 1 is 0.338 bits per heavy atom. The van der Waals surface area contributed by atoms with Gasteiger partial charge in [0.15, 0.2) is 0 Å². The van der Waals surface area contributed by atoms with Gasteiger partial charge in [0.1, 0.15) is 0 Å². The van der Waals surface area contributed by atoms with E-state index in [0.29, 0.717) is 0 Å². The van der Waals surface area contributed by atoms with E-state index in [2.05, 4.69) is 25.9 Å². The molecule has 0 saturated heterocycles. The molecule has 360 valence electrons. The molecule has 0 fully saturated rings. The summed E-state index contributed by atoms with van der Waals surface area (Å²) in [7, 11) is 0. The molecule has 0 atom stereocenters. The summed E-state index contributed by atoms with van der Waals surface area (Å²) in [6.07, 6.45) is -31.9. The predicted molar refractivity (Wildman–Crippen MR) is 166 cm³/mol. The number of hydrogen-bond acceptors (Lipinski definition) is 2. The van der Waals surface area contributed by atoms with E-state index in [1.165, 1.54) is 0 Å². The van der Waals surface area contributed by atoms with Crippen molar-refractivity contribution in [3.8, 4) is 0 Å². The van der Waals surface area contributed by atoms with Gasteiger partial charge in [0.2, 0.25) is 0 Å². The molecule has 0 saturated carbocycles. The van der Waals surface area contributed by atoms with Crippen molar-refractivity contribution in [1.82, 2.24) is 19.9 Å². The van der Waals surface area contributed by atoms with Gasteiger partial charge in [-0.05, 0) is 58.4 Å². The van der Waals surface area contributed by atoms with Crippen LogP contribution in [0, 0.1) is 0 Å². The van der Waals surface area contributed by atoms with Crippen LogP contribution in [0.15, 0.2) is 22.7 Å². The number of aromatic amines is 2. The molecule has 3 aromatic heterocycles. The first-order valence-corrected chi connectivity index (χ1v) is 16.7. The molecule has 0 unspecified atom stereocenters. The van der Waals surface area contributed by atoms with Gasteiger partial charge in [-0.3, -0.25) is 0 Å². The van der Waals surface area contributed by atoms with Crippen LogP contribution in [0.25, 0.3) is 46.4 Å². The van der Waals surface area contributed by atoms with Crippen molar-refractivity contribution in [3.05, 3.63) is 67.7 Å². The van der Waals surface area contributed by atoms with Crippen molar-refractivity contribution in [2.24, 2.45) is 0 Å². The Balaban J connectivity index is 2.26. The highest BCUT2D eigenvalue weighted by molar-refractivity contribution is 9.10. The first-order chi connectivity index (χ1) is 28.8. The quantitative estimate of drug-likeness (QED) is 0.152. The third-order valence-corrected chi connectivity index (χ3v) is 9.70. The third-order valence-electron chi connectivity index (χ3n) is 9.08. The van der Waals surface area contributed by atoms with Crippen molar-refractivity contribution in [2.75, 3.05) is 0 Å². The van der Waals surface area contributed by atoms with E-state index in [4.69, 9.17) is 0 Å². The smallest absolute Gasteiger partial charge is 0.355 e. The monoisotopic (exact) mass is 1060 g/mol. The summed E-state index contributed by atoms with van der Waals surface area (Å²) >= 11 is 2.09. The number of rotatable bonds is 8. The Morgan fingerprint density at radius 2 is 0.585 bits per heavy atom. The van der Waals surface area contributed by atoms with Crippen LogP contribution in [-0.2, 0) is 23.7 Å². The Kier molecular flexibility index (Phi) is 11.4. The zero-order chi connectivity index (χ0) is 50.3. The molecule has 0 spiro atoms. The summed E-state index contributed by atoms with van der Waals surface area (Å²) in [6.45, 7) is 0. The molecular weight excluding hydrogens is 1050 g/mol. The zero-order valence-electron chi connectivity index (χ0n) is 29.4. The van der Waals surface area contributed by atoms with E-state index in [1.54, 1.807) is 0 Å². The molecule has 0 aromatic carbocycles. The average Bonchev–Trinajstić information content (AvgIpc) is 3.93. The van der Waals surface area contributed by atoms with Crippen molar-refractivity contribution < 1.29 is 123 Å². The van der Waals surface area contributed by atoms with E-state index in [-0.39, 0.29) is 0 Å². The standard InChI is InChI=1S/C32H9BrF28N4/c33-8-7-15-18(23(38,39)27(46,47)31(56,57)58)13-4-3-11(63-13)16(21(34,35)25(42,43)29(50,51)52)9-1-2-10(62-9)17(22(36,37)26(44,45)30(53,54)55)12-5-6-14(64-12)19(20(8)65-15)24(40,41)28(48,49)32(59,60)61/h1-7,62,65H. The second-order valence-corrected chi connectivity index (χ2v) is 14.1. The maximum absolute atomic E-state index is 15.8. The van der Waals surface area contributed by atoms with Gasteiger partial charge >= 0.3 is 72.1 Å². The molecular formula is C32H9BrF28N4. The highest BCUT2D eigenvalue weighted by Gasteiger charge is 2.78. The lowest BCUT2D eigenvalue weighted by molar-refractivity contribution is -0.359. The molecule has 5 rings (SSSR count). The van der Waals surface area contributed by atoms with Gasteiger partial charge in [-0.15, -0.1) is 0 Å². The van der Waals surface area contributed by atoms with Crippen LogP contribution in [0.1, 0.15) is 45.0 Å². The van der Waals surface area contributed by atoms with Crippen LogP contribution < -0.4 is 0 Å². The van der Waals surface area contributed by atoms with Gasteiger partial charge in [0, 0.05) is 4.47 Å². The second kappa shape index (κ2) is 14.6. The van der Waals surface area contributed by atoms with E-state index >= 15 is 35.1 Å². The van der Waals surface area contributed by atoms with Crippen LogP contribution in [0.2, 0.25) is 0 Å². The zero-order valence-corrected chi connectivity index (χ0v) is 31.0. The summed E-state index contributed by atoms with van der Waals surface area (Å²) in [6, 6.07) is -1.40. The van der Waals surface area contributed by atoms with Crippen molar-refractivity contribution >= 4 is 62.3 Å². The molecule has 33 heteroatoms. The SMILES string of the molecule is FC(F)(F)C(F)(F)C(F)(F)c1c2nc(c(C(F)(F)C(F)(F)C(F)(F)F)c3cc(Br)c([nH]3)c(C(F)(F)C(F)(F)C(F)(F)F)c3nc(c(C(F)(F)C(F)(F)C(F)(F)F)c4ccc1[nH]4)C=C3)C=C2. The maximum Gasteiger partial charge on any atom is 0.460 e. The number of nitrogens with one attached hydrogen (secondary N) is 2. The molecule has 2 aliphatic heterocycles. The van der Waals surface area contributed by atoms with Gasteiger partial charge in [-0.25, -0.2) is 9.97 Å². The first-order valence-electron chi connectivity index (χ1n) is 15.9. The molecule has 0 aliphatic carbocycles. The summed E-state index contributed by atoms with van der Waals surface area (Å²) in [4.78, 5) is 7.27. The lowest BCUT2D eigenvalue weighted by Gasteiger charge is -2.29. The van der Waals surface area contributed by atoms with E-state index in [0.717, 1.165) is 9.97 Å². The Bertz CT molecular complexity index is 2630. The summed E-state index contributed by atoms with van der Waals surface area (Å²) in [5.74, 6) is -58.4. The van der Waals surface area contributed by atoms with Gasteiger partial charge in [-0.2, -0.15) is 123 Å². The van der Waals surface area contributed by atoms with Gasteiger partial charge < -0.3 is 9.97 Å². The van der Waals surface area contributed by atoms with Crippen LogP contribution in [-0.4, -0.2) is 68.3 Å². The lowest BCUT2D eigenvalue weighted by atomic mass is 9.99. The topological polar surface area (TPSA) is 57.4 Å². The minimum atomic E-state index is -7.54. The van der Waals surface area contributed by atoms with E-state index in [1.807, 2.05) is 0 Å². The van der Waals surface area contributed by atoms with E-state index in [9.17, 15) is 87.8 Å². The normalized spacial score (nSPS) is 15.6. The van der Waals surface area contributed by atoms with Gasteiger partial charge in [0.05, 0.1) is 67.1 Å². The number of alkyl halides is 28. The largest absolute Gasteiger partial charge is 0.460 e. The van der Waals surface area contributed by atoms with Crippen molar-refractivity contribution in [3.63, 3.8) is 0 Å². The molecule has 8 bridgehead atoms. The number of fused-ring (bicyclic) bond motifs is 8. The highest BCUT2D eigenvalue weighted by Crippen LogP contribution is 2.59. The second-order valence-electron chi connectivity index (χ2n) is 13.2. The van der Waals surface area contributed by atoms with Crippen LogP contribution in [0.3, 0.4) is 0 Å². The molecule has 65 heavy (non-hydrogen) atoms.